The van der Waals surface area contributed by atoms with E-state index in [4.69, 9.17) is 5.26 Å². The summed E-state index contributed by atoms with van der Waals surface area (Å²) in [4.78, 5) is 10.9. The first kappa shape index (κ1) is 10.9. The molecule has 0 radical (unpaired) electrons. The molecule has 0 saturated heterocycles. The van der Waals surface area contributed by atoms with Crippen molar-refractivity contribution in [2.75, 3.05) is 0 Å². The third-order valence-electron chi connectivity index (χ3n) is 1.82. The molecule has 76 valence electrons. The van der Waals surface area contributed by atoms with Crippen LogP contribution in [0.4, 0.5) is 4.39 Å². The molecule has 0 bridgehead atoms. The maximum absolute atomic E-state index is 12.6. The molecule has 0 atom stereocenters. The lowest BCUT2D eigenvalue weighted by Gasteiger charge is -2.01. The van der Waals surface area contributed by atoms with Gasteiger partial charge in [-0.15, -0.1) is 0 Å². The average Bonchev–Trinajstić information content (AvgIpc) is 2.19. The van der Waals surface area contributed by atoms with Gasteiger partial charge in [-0.3, -0.25) is 4.79 Å². The molecule has 0 aliphatic heterocycles. The number of aliphatic hydroxyl groups is 1. The Hall–Kier alpha value is -2.15. The molecule has 4 heteroatoms. The molecule has 0 saturated carbocycles. The number of nitriles is 1. The molecule has 1 N–H and O–H groups in total. The van der Waals surface area contributed by atoms with E-state index in [1.165, 1.54) is 19.1 Å². The van der Waals surface area contributed by atoms with Gasteiger partial charge in [0.25, 0.3) is 0 Å². The van der Waals surface area contributed by atoms with Crippen LogP contribution in [0, 0.1) is 17.1 Å². The van der Waals surface area contributed by atoms with Crippen LogP contribution < -0.4 is 0 Å². The Morgan fingerprint density at radius 3 is 2.33 bits per heavy atom. The predicted molar refractivity (Wildman–Crippen MR) is 52.2 cm³/mol. The SMILES string of the molecule is CC(=O)C(C#N)=C(O)c1ccc(F)cc1. The van der Waals surface area contributed by atoms with Crippen LogP contribution in [-0.2, 0) is 4.79 Å². The van der Waals surface area contributed by atoms with Crippen molar-refractivity contribution in [2.24, 2.45) is 0 Å². The Morgan fingerprint density at radius 1 is 1.40 bits per heavy atom. The highest BCUT2D eigenvalue weighted by Gasteiger charge is 2.11. The number of nitrogens with zero attached hydrogens (tertiary/aromatic N) is 1. The van der Waals surface area contributed by atoms with Crippen LogP contribution in [0.15, 0.2) is 29.8 Å². The van der Waals surface area contributed by atoms with Crippen LogP contribution in [0.2, 0.25) is 0 Å². The van der Waals surface area contributed by atoms with Crippen molar-refractivity contribution in [2.45, 2.75) is 6.92 Å². The monoisotopic (exact) mass is 205 g/mol. The van der Waals surface area contributed by atoms with Gasteiger partial charge in [-0.1, -0.05) is 0 Å². The van der Waals surface area contributed by atoms with Crippen molar-refractivity contribution in [1.82, 2.24) is 0 Å². The molecule has 0 unspecified atom stereocenters. The summed E-state index contributed by atoms with van der Waals surface area (Å²) < 4.78 is 12.6. The molecule has 0 fully saturated rings. The highest BCUT2D eigenvalue weighted by atomic mass is 19.1. The van der Waals surface area contributed by atoms with Crippen molar-refractivity contribution in [1.29, 1.82) is 5.26 Å². The highest BCUT2D eigenvalue weighted by Crippen LogP contribution is 2.16. The molecular formula is C11H8FNO2. The fourth-order valence-electron chi connectivity index (χ4n) is 1.05. The minimum atomic E-state index is -0.528. The zero-order chi connectivity index (χ0) is 11.4. The van der Waals surface area contributed by atoms with E-state index < -0.39 is 17.4 Å². The molecule has 0 amide bonds. The quantitative estimate of drug-likeness (QED) is 0.457. The molecule has 0 aliphatic rings. The van der Waals surface area contributed by atoms with Gasteiger partial charge in [0.05, 0.1) is 0 Å². The number of benzene rings is 1. The van der Waals surface area contributed by atoms with Gasteiger partial charge in [0.15, 0.2) is 5.78 Å². The van der Waals surface area contributed by atoms with Crippen molar-refractivity contribution >= 4 is 11.5 Å². The van der Waals surface area contributed by atoms with Crippen LogP contribution >= 0.6 is 0 Å². The molecule has 1 aromatic rings. The number of Topliss-reactive ketones (excluding diaryl/α,β-unsaturated/α-hetero) is 1. The van der Waals surface area contributed by atoms with Crippen LogP contribution in [0.3, 0.4) is 0 Å². The number of carbonyl (C=O) groups is 1. The maximum Gasteiger partial charge on any atom is 0.174 e. The Labute approximate surface area is 86.1 Å². The molecule has 0 aromatic heterocycles. The van der Waals surface area contributed by atoms with E-state index in [1.54, 1.807) is 6.07 Å². The van der Waals surface area contributed by atoms with Crippen LogP contribution in [0.5, 0.6) is 0 Å². The van der Waals surface area contributed by atoms with Crippen LogP contribution in [0.25, 0.3) is 5.76 Å². The van der Waals surface area contributed by atoms with Gasteiger partial charge in [-0.05, 0) is 24.3 Å². The lowest BCUT2D eigenvalue weighted by molar-refractivity contribution is -0.113. The first-order chi connectivity index (χ1) is 7.06. The van der Waals surface area contributed by atoms with Gasteiger partial charge in [-0.2, -0.15) is 5.26 Å². The number of allylic oxidation sites excluding steroid dienone is 1. The summed E-state index contributed by atoms with van der Waals surface area (Å²) in [5, 5.41) is 18.2. The first-order valence-electron chi connectivity index (χ1n) is 4.16. The first-order valence-corrected chi connectivity index (χ1v) is 4.16. The van der Waals surface area contributed by atoms with Gasteiger partial charge in [0, 0.05) is 12.5 Å². The van der Waals surface area contributed by atoms with Gasteiger partial charge in [0.1, 0.15) is 23.2 Å². The van der Waals surface area contributed by atoms with E-state index >= 15 is 0 Å². The van der Waals surface area contributed by atoms with E-state index in [0.717, 1.165) is 12.1 Å². The summed E-state index contributed by atoms with van der Waals surface area (Å²) in [6, 6.07) is 6.47. The fourth-order valence-corrected chi connectivity index (χ4v) is 1.05. The normalized spacial score (nSPS) is 11.5. The molecular weight excluding hydrogens is 197 g/mol. The van der Waals surface area contributed by atoms with E-state index in [0.29, 0.717) is 0 Å². The minimum Gasteiger partial charge on any atom is -0.506 e. The molecule has 1 aromatic carbocycles. The molecule has 3 nitrogen and oxygen atoms in total. The largest absolute Gasteiger partial charge is 0.506 e. The molecule has 0 heterocycles. The van der Waals surface area contributed by atoms with Crippen LogP contribution in [0.1, 0.15) is 12.5 Å². The van der Waals surface area contributed by atoms with Crippen molar-refractivity contribution in [3.8, 4) is 6.07 Å². The second-order valence-electron chi connectivity index (χ2n) is 2.90. The number of rotatable bonds is 2. The van der Waals surface area contributed by atoms with Gasteiger partial charge in [0.2, 0.25) is 0 Å². The molecule has 15 heavy (non-hydrogen) atoms. The van der Waals surface area contributed by atoms with E-state index in [1.807, 2.05) is 0 Å². The lowest BCUT2D eigenvalue weighted by atomic mass is 10.1. The summed E-state index contributed by atoms with van der Waals surface area (Å²) in [5.74, 6) is -1.41. The smallest absolute Gasteiger partial charge is 0.174 e. The summed E-state index contributed by atoms with van der Waals surface area (Å²) in [5.41, 5.74) is -0.0928. The Morgan fingerprint density at radius 2 is 1.93 bits per heavy atom. The van der Waals surface area contributed by atoms with E-state index in [-0.39, 0.29) is 11.1 Å². The average molecular weight is 205 g/mol. The van der Waals surface area contributed by atoms with Crippen molar-refractivity contribution in [3.05, 3.63) is 41.2 Å². The summed E-state index contributed by atoms with van der Waals surface area (Å²) in [7, 11) is 0. The minimum absolute atomic E-state index is 0.239. The predicted octanol–water partition coefficient (Wildman–Crippen LogP) is 2.21. The summed E-state index contributed by atoms with van der Waals surface area (Å²) >= 11 is 0. The Bertz CT molecular complexity index is 454. The molecule has 0 aliphatic carbocycles. The maximum atomic E-state index is 12.6. The Balaban J connectivity index is 3.24. The highest BCUT2D eigenvalue weighted by molar-refractivity contribution is 6.03. The van der Waals surface area contributed by atoms with Gasteiger partial charge >= 0.3 is 0 Å². The topological polar surface area (TPSA) is 61.1 Å². The van der Waals surface area contributed by atoms with Crippen LogP contribution in [-0.4, -0.2) is 10.9 Å². The van der Waals surface area contributed by atoms with Gasteiger partial charge < -0.3 is 5.11 Å². The Kier molecular flexibility index (Phi) is 3.19. The zero-order valence-corrected chi connectivity index (χ0v) is 7.99. The number of carbonyl (C=O) groups excluding carboxylic acids is 1. The summed E-state index contributed by atoms with van der Waals surface area (Å²) in [6.45, 7) is 1.18. The van der Waals surface area contributed by atoms with E-state index in [9.17, 15) is 14.3 Å². The number of aliphatic hydroxyl groups excluding tert-OH is 1. The van der Waals surface area contributed by atoms with Gasteiger partial charge in [-0.25, -0.2) is 4.39 Å². The number of ketones is 1. The lowest BCUT2D eigenvalue weighted by Crippen LogP contribution is -1.99. The zero-order valence-electron chi connectivity index (χ0n) is 7.99. The van der Waals surface area contributed by atoms with Crippen molar-refractivity contribution in [3.63, 3.8) is 0 Å². The second-order valence-corrected chi connectivity index (χ2v) is 2.90. The molecule has 0 spiro atoms. The van der Waals surface area contributed by atoms with E-state index in [2.05, 4.69) is 0 Å². The number of hydrogen-bond donors (Lipinski definition) is 1. The third kappa shape index (κ3) is 2.41. The number of halogens is 1. The third-order valence-corrected chi connectivity index (χ3v) is 1.82. The van der Waals surface area contributed by atoms with Crippen molar-refractivity contribution < 1.29 is 14.3 Å². The standard InChI is InChI=1S/C11H8FNO2/c1-7(14)10(6-13)11(15)8-2-4-9(12)5-3-8/h2-5,15H,1H3. The number of hydrogen-bond acceptors (Lipinski definition) is 3. The molecule has 1 rings (SSSR count). The second kappa shape index (κ2) is 4.38. The summed E-state index contributed by atoms with van der Waals surface area (Å²) in [6.07, 6.45) is 0. The fraction of sp³-hybridized carbons (Fsp3) is 0.0909.